The highest BCUT2D eigenvalue weighted by molar-refractivity contribution is 14.1. The molecule has 1 heterocycles. The smallest absolute Gasteiger partial charge is 0.102 e. The number of halogens is 1. The third-order valence-electron chi connectivity index (χ3n) is 0.731. The summed E-state index contributed by atoms with van der Waals surface area (Å²) < 4.78 is 3.88. The van der Waals surface area contributed by atoms with Crippen LogP contribution in [0.2, 0.25) is 0 Å². The van der Waals surface area contributed by atoms with Gasteiger partial charge in [0.2, 0.25) is 0 Å². The predicted octanol–water partition coefficient (Wildman–Crippen LogP) is 1.40. The summed E-state index contributed by atoms with van der Waals surface area (Å²) in [6.07, 6.45) is 0. The Morgan fingerprint density at radius 3 is 2.25 bits per heavy atom. The van der Waals surface area contributed by atoms with Crippen molar-refractivity contribution in [1.29, 1.82) is 0 Å². The van der Waals surface area contributed by atoms with E-state index in [1.807, 2.05) is 10.3 Å². The summed E-state index contributed by atoms with van der Waals surface area (Å²) in [5.41, 5.74) is 0. The first-order valence-electron chi connectivity index (χ1n) is 1.97. The summed E-state index contributed by atoms with van der Waals surface area (Å²) >= 11 is 8.48. The molecule has 0 nitrogen and oxygen atoms in total. The van der Waals surface area contributed by atoms with Gasteiger partial charge >= 0.3 is 0 Å². The van der Waals surface area contributed by atoms with Crippen LogP contribution in [0.1, 0.15) is 0 Å². The molecule has 0 amide bonds. The van der Waals surface area contributed by atoms with Crippen LogP contribution in [0.4, 0.5) is 0 Å². The SMILES string of the molecule is [AlH2][c]1ssc(=S)c1I. The lowest BCUT2D eigenvalue weighted by molar-refractivity contribution is 1.98. The van der Waals surface area contributed by atoms with E-state index in [9.17, 15) is 0 Å². The Morgan fingerprint density at radius 2 is 2.12 bits per heavy atom. The van der Waals surface area contributed by atoms with Crippen LogP contribution in [0.15, 0.2) is 0 Å². The van der Waals surface area contributed by atoms with Crippen LogP contribution in [-0.4, -0.2) is 16.3 Å². The van der Waals surface area contributed by atoms with E-state index in [4.69, 9.17) is 12.2 Å². The van der Waals surface area contributed by atoms with E-state index in [1.54, 1.807) is 10.3 Å². The molecule has 5 heteroatoms. The Bertz CT molecular complexity index is 237. The Labute approximate surface area is 81.9 Å². The number of rotatable bonds is 0. The van der Waals surface area contributed by atoms with Gasteiger partial charge in [-0.3, -0.25) is 0 Å². The zero-order valence-corrected chi connectivity index (χ0v) is 10.7. The number of hydrogen-bond donors (Lipinski definition) is 0. The maximum absolute atomic E-state index is 5.02. The quantitative estimate of drug-likeness (QED) is 0.301. The normalized spacial score (nSPS) is 9.62. The molecule has 0 unspecified atom stereocenters. The van der Waals surface area contributed by atoms with E-state index < -0.39 is 0 Å². The Morgan fingerprint density at radius 1 is 1.50 bits per heavy atom. The number of hydrogen-bond acceptors (Lipinski definition) is 3. The molecule has 8 heavy (non-hydrogen) atoms. The molecule has 1 aromatic heterocycles. The van der Waals surface area contributed by atoms with Crippen molar-refractivity contribution in [3.8, 4) is 0 Å². The van der Waals surface area contributed by atoms with Crippen molar-refractivity contribution >= 4 is 75.5 Å². The summed E-state index contributed by atoms with van der Waals surface area (Å²) in [6.45, 7) is 0. The molecule has 42 valence electrons. The van der Waals surface area contributed by atoms with Crippen LogP contribution >= 0.6 is 55.5 Å². The summed E-state index contributed by atoms with van der Waals surface area (Å²) in [5.74, 6) is 0. The molecule has 0 saturated carbocycles. The van der Waals surface area contributed by atoms with Gasteiger partial charge in [-0.25, -0.2) is 0 Å². The highest BCUT2D eigenvalue weighted by Gasteiger charge is 1.96. The van der Waals surface area contributed by atoms with Crippen LogP contribution in [0.3, 0.4) is 0 Å². The van der Waals surface area contributed by atoms with Gasteiger partial charge in [-0.15, -0.1) is 10.3 Å². The summed E-state index contributed by atoms with van der Waals surface area (Å²) in [6, 6.07) is 0. The van der Waals surface area contributed by atoms with Gasteiger partial charge < -0.3 is 0 Å². The van der Waals surface area contributed by atoms with Gasteiger partial charge in [0.05, 0.1) is 0 Å². The van der Waals surface area contributed by atoms with Gasteiger partial charge in [-0.1, -0.05) is 22.6 Å². The first-order valence-corrected chi connectivity index (χ1v) is 6.60. The van der Waals surface area contributed by atoms with Crippen LogP contribution in [-0.2, 0) is 0 Å². The molecule has 1 aromatic rings. The van der Waals surface area contributed by atoms with E-state index in [1.165, 1.54) is 7.31 Å². The second-order valence-electron chi connectivity index (χ2n) is 1.32. The van der Waals surface area contributed by atoms with Crippen LogP contribution in [0, 0.1) is 7.39 Å². The van der Waals surface area contributed by atoms with Crippen molar-refractivity contribution < 1.29 is 0 Å². The molecule has 0 radical (unpaired) electrons. The molecule has 0 aliphatic carbocycles. The van der Waals surface area contributed by atoms with E-state index >= 15 is 0 Å². The fourth-order valence-electron chi connectivity index (χ4n) is 0.317. The average Bonchev–Trinajstić information content (AvgIpc) is 1.98. The molecule has 0 N–H and O–H groups in total. The van der Waals surface area contributed by atoms with Gasteiger partial charge in [0, 0.05) is 3.57 Å². The third kappa shape index (κ3) is 1.52. The first-order chi connectivity index (χ1) is 3.72. The van der Waals surface area contributed by atoms with Gasteiger partial charge in [0.15, 0.2) is 0 Å². The van der Waals surface area contributed by atoms with Gasteiger partial charge in [-0.05, 0) is 26.3 Å². The summed E-state index contributed by atoms with van der Waals surface area (Å²) in [5, 5.41) is 0. The predicted molar refractivity (Wildman–Crippen MR) is 53.9 cm³/mol. The Hall–Kier alpha value is 1.53. The van der Waals surface area contributed by atoms with Crippen molar-refractivity contribution in [3.05, 3.63) is 7.39 Å². The highest BCUT2D eigenvalue weighted by atomic mass is 127. The van der Waals surface area contributed by atoms with Gasteiger partial charge in [0.25, 0.3) is 16.3 Å². The zero-order chi connectivity index (χ0) is 6.15. The van der Waals surface area contributed by atoms with E-state index in [0.29, 0.717) is 0 Å². The monoisotopic (exact) mass is 288 g/mol. The topological polar surface area (TPSA) is 0 Å². The van der Waals surface area contributed by atoms with E-state index in [2.05, 4.69) is 22.6 Å². The van der Waals surface area contributed by atoms with Crippen molar-refractivity contribution in [1.82, 2.24) is 0 Å². The summed E-state index contributed by atoms with van der Waals surface area (Å²) in [4.78, 5) is 0. The molecular formula is C3H2AlIS3. The minimum absolute atomic E-state index is 1.07. The zero-order valence-electron chi connectivity index (χ0n) is 4.10. The molecular weight excluding hydrogens is 286 g/mol. The molecule has 0 atom stereocenters. The van der Waals surface area contributed by atoms with Crippen molar-refractivity contribution in [3.63, 3.8) is 0 Å². The molecule has 0 spiro atoms. The molecule has 0 bridgehead atoms. The first kappa shape index (κ1) is 7.64. The molecule has 0 saturated heterocycles. The van der Waals surface area contributed by atoms with Gasteiger partial charge in [-0.2, -0.15) is 0 Å². The highest BCUT2D eigenvalue weighted by Crippen LogP contribution is 2.14. The lowest BCUT2D eigenvalue weighted by Gasteiger charge is -1.77. The Kier molecular flexibility index (Phi) is 2.94. The van der Waals surface area contributed by atoms with Crippen LogP contribution < -0.4 is 3.74 Å². The third-order valence-corrected chi connectivity index (χ3v) is 9.36. The minimum atomic E-state index is 1.07. The van der Waals surface area contributed by atoms with Crippen molar-refractivity contribution in [2.75, 3.05) is 0 Å². The second-order valence-corrected chi connectivity index (χ2v) is 7.15. The Balaban J connectivity index is 3.41. The fourth-order valence-corrected chi connectivity index (χ4v) is 5.53. The van der Waals surface area contributed by atoms with Crippen molar-refractivity contribution in [2.45, 2.75) is 0 Å². The van der Waals surface area contributed by atoms with E-state index in [-0.39, 0.29) is 0 Å². The molecule has 1 rings (SSSR count). The molecule has 0 aromatic carbocycles. The maximum atomic E-state index is 5.02. The lowest BCUT2D eigenvalue weighted by atomic mass is 10.8. The standard InChI is InChI=1S/C3IS3.Al.2H/c4-2-1-6-7-3(2)5;;;. The molecule has 0 aliphatic heterocycles. The van der Waals surface area contributed by atoms with Crippen molar-refractivity contribution in [2.24, 2.45) is 0 Å². The van der Waals surface area contributed by atoms with Crippen LogP contribution in [0.5, 0.6) is 0 Å². The maximum Gasteiger partial charge on any atom is 0.278 e. The van der Waals surface area contributed by atoms with Crippen LogP contribution in [0.25, 0.3) is 0 Å². The summed E-state index contributed by atoms with van der Waals surface area (Å²) in [7, 11) is 3.54. The molecule has 0 fully saturated rings. The van der Waals surface area contributed by atoms with E-state index in [0.717, 1.165) is 20.1 Å². The largest absolute Gasteiger partial charge is 0.278 e. The molecule has 0 aliphatic rings. The lowest BCUT2D eigenvalue weighted by Crippen LogP contribution is -1.96. The second kappa shape index (κ2) is 3.08. The fraction of sp³-hybridized carbons (Fsp3) is 0. The van der Waals surface area contributed by atoms with Gasteiger partial charge in [0.1, 0.15) is 3.82 Å². The average molecular weight is 288 g/mol. The minimum Gasteiger partial charge on any atom is -0.102 e.